The fourth-order valence-corrected chi connectivity index (χ4v) is 6.58. The number of halogens is 2. The molecule has 3 nitrogen and oxygen atoms in total. The Morgan fingerprint density at radius 1 is 1.33 bits per heavy atom. The van der Waals surface area contributed by atoms with Gasteiger partial charge in [-0.15, -0.1) is 22.7 Å². The van der Waals surface area contributed by atoms with Crippen LogP contribution in [0.2, 0.25) is 0 Å². The number of hydrogen-bond donors (Lipinski definition) is 0. The van der Waals surface area contributed by atoms with Gasteiger partial charge in [-0.2, -0.15) is 4.31 Å². The highest BCUT2D eigenvalue weighted by atomic mass is 79.9. The standard InChI is InChI=1S/C10H9Br2NO2S3/c1-13(5-8-4-7(11)6-17-8)18(14,15)10-9(12)2-3-16-10/h2-4,6H,5H2,1H3. The SMILES string of the molecule is CN(Cc1cc(Br)cs1)S(=O)(=O)c1sccc1Br. The summed E-state index contributed by atoms with van der Waals surface area (Å²) >= 11 is 9.37. The monoisotopic (exact) mass is 429 g/mol. The van der Waals surface area contributed by atoms with Crippen molar-refractivity contribution in [2.75, 3.05) is 7.05 Å². The van der Waals surface area contributed by atoms with Gasteiger partial charge in [0.05, 0.1) is 0 Å². The average Bonchev–Trinajstić information content (AvgIpc) is 2.87. The maximum absolute atomic E-state index is 12.3. The molecule has 0 aliphatic carbocycles. The fourth-order valence-electron chi connectivity index (χ4n) is 1.35. The van der Waals surface area contributed by atoms with E-state index in [1.165, 1.54) is 27.0 Å². The maximum Gasteiger partial charge on any atom is 0.253 e. The number of sulfonamides is 1. The van der Waals surface area contributed by atoms with Gasteiger partial charge in [0.2, 0.25) is 0 Å². The van der Waals surface area contributed by atoms with Crippen LogP contribution in [-0.4, -0.2) is 19.8 Å². The lowest BCUT2D eigenvalue weighted by atomic mass is 10.5. The third-order valence-corrected chi connectivity index (χ3v) is 8.36. The van der Waals surface area contributed by atoms with Gasteiger partial charge in [-0.1, -0.05) is 0 Å². The molecule has 0 amide bonds. The Morgan fingerprint density at radius 3 is 2.56 bits per heavy atom. The molecule has 0 aliphatic rings. The van der Waals surface area contributed by atoms with E-state index in [4.69, 9.17) is 0 Å². The van der Waals surface area contributed by atoms with E-state index in [2.05, 4.69) is 31.9 Å². The molecule has 2 aromatic rings. The molecule has 0 bridgehead atoms. The van der Waals surface area contributed by atoms with Gasteiger partial charge >= 0.3 is 0 Å². The zero-order valence-electron chi connectivity index (χ0n) is 9.26. The zero-order chi connectivity index (χ0) is 13.3. The van der Waals surface area contributed by atoms with Crippen LogP contribution in [-0.2, 0) is 16.6 Å². The Bertz CT molecular complexity index is 648. The summed E-state index contributed by atoms with van der Waals surface area (Å²) in [5.41, 5.74) is 0. The number of hydrogen-bond acceptors (Lipinski definition) is 4. The van der Waals surface area contributed by atoms with Gasteiger partial charge in [0.1, 0.15) is 4.21 Å². The molecule has 0 saturated carbocycles. The van der Waals surface area contributed by atoms with Gasteiger partial charge in [-0.25, -0.2) is 8.42 Å². The lowest BCUT2D eigenvalue weighted by molar-refractivity contribution is 0.471. The smallest absolute Gasteiger partial charge is 0.206 e. The van der Waals surface area contributed by atoms with Crippen LogP contribution >= 0.6 is 54.5 Å². The average molecular weight is 431 g/mol. The largest absolute Gasteiger partial charge is 0.253 e. The molecule has 0 aromatic carbocycles. The molecule has 2 aromatic heterocycles. The van der Waals surface area contributed by atoms with Crippen LogP contribution in [0, 0.1) is 0 Å². The number of nitrogens with zero attached hydrogens (tertiary/aromatic N) is 1. The van der Waals surface area contributed by atoms with Gasteiger partial charge in [0.15, 0.2) is 0 Å². The third kappa shape index (κ3) is 3.05. The molecular formula is C10H9Br2NO2S3. The van der Waals surface area contributed by atoms with Gasteiger partial charge in [-0.3, -0.25) is 0 Å². The number of rotatable bonds is 4. The Balaban J connectivity index is 2.23. The van der Waals surface area contributed by atoms with Gasteiger partial charge in [0.25, 0.3) is 10.0 Å². The van der Waals surface area contributed by atoms with Crippen molar-refractivity contribution < 1.29 is 8.42 Å². The van der Waals surface area contributed by atoms with Crippen LogP contribution in [0.3, 0.4) is 0 Å². The highest BCUT2D eigenvalue weighted by Gasteiger charge is 2.25. The van der Waals surface area contributed by atoms with E-state index in [1.807, 2.05) is 11.4 Å². The molecular weight excluding hydrogens is 422 g/mol. The first kappa shape index (κ1) is 14.7. The molecule has 8 heteroatoms. The van der Waals surface area contributed by atoms with Crippen LogP contribution in [0.1, 0.15) is 4.88 Å². The van der Waals surface area contributed by atoms with Crippen molar-refractivity contribution in [1.29, 1.82) is 0 Å². The van der Waals surface area contributed by atoms with E-state index in [-0.39, 0.29) is 0 Å². The normalized spacial score (nSPS) is 12.2. The lowest BCUT2D eigenvalue weighted by Crippen LogP contribution is -2.25. The minimum absolute atomic E-state index is 0.348. The van der Waals surface area contributed by atoms with Crippen molar-refractivity contribution in [3.8, 4) is 0 Å². The summed E-state index contributed by atoms with van der Waals surface area (Å²) in [6.45, 7) is 0.378. The number of thiophene rings is 2. The molecule has 0 aliphatic heterocycles. The molecule has 0 N–H and O–H groups in total. The van der Waals surface area contributed by atoms with Crippen LogP contribution in [0.25, 0.3) is 0 Å². The van der Waals surface area contributed by atoms with Gasteiger partial charge in [-0.05, 0) is 49.4 Å². The quantitative estimate of drug-likeness (QED) is 0.730. The Hall–Kier alpha value is 0.270. The van der Waals surface area contributed by atoms with Gasteiger partial charge in [0, 0.05) is 32.8 Å². The molecule has 0 atom stereocenters. The molecule has 2 rings (SSSR count). The summed E-state index contributed by atoms with van der Waals surface area (Å²) in [6.07, 6.45) is 0. The summed E-state index contributed by atoms with van der Waals surface area (Å²) in [5.74, 6) is 0. The van der Waals surface area contributed by atoms with E-state index >= 15 is 0 Å². The van der Waals surface area contributed by atoms with E-state index in [0.29, 0.717) is 15.2 Å². The van der Waals surface area contributed by atoms with E-state index in [0.717, 1.165) is 9.35 Å². The first-order valence-corrected chi connectivity index (χ1v) is 9.62. The fraction of sp³-hybridized carbons (Fsp3) is 0.200. The van der Waals surface area contributed by atoms with Crippen LogP contribution < -0.4 is 0 Å². The van der Waals surface area contributed by atoms with Crippen molar-refractivity contribution in [3.05, 3.63) is 36.7 Å². The topological polar surface area (TPSA) is 37.4 Å². The lowest BCUT2D eigenvalue weighted by Gasteiger charge is -2.15. The van der Waals surface area contributed by atoms with Crippen molar-refractivity contribution in [2.24, 2.45) is 0 Å². The van der Waals surface area contributed by atoms with E-state index in [9.17, 15) is 8.42 Å². The molecule has 18 heavy (non-hydrogen) atoms. The second kappa shape index (κ2) is 5.72. The molecule has 0 fully saturated rings. The molecule has 98 valence electrons. The Morgan fingerprint density at radius 2 is 2.06 bits per heavy atom. The highest BCUT2D eigenvalue weighted by Crippen LogP contribution is 2.31. The third-order valence-electron chi connectivity index (χ3n) is 2.23. The molecule has 0 radical (unpaired) electrons. The summed E-state index contributed by atoms with van der Waals surface area (Å²) in [6, 6.07) is 3.67. The molecule has 0 spiro atoms. The van der Waals surface area contributed by atoms with Crippen LogP contribution in [0.4, 0.5) is 0 Å². The Labute approximate surface area is 131 Å². The summed E-state index contributed by atoms with van der Waals surface area (Å²) in [4.78, 5) is 1.00. The molecule has 0 unspecified atom stereocenters. The van der Waals surface area contributed by atoms with Crippen LogP contribution in [0.5, 0.6) is 0 Å². The van der Waals surface area contributed by atoms with E-state index < -0.39 is 10.0 Å². The predicted octanol–water partition coefficient (Wildman–Crippen LogP) is 4.16. The second-order valence-corrected chi connectivity index (χ2v) is 9.47. The summed E-state index contributed by atoms with van der Waals surface area (Å²) in [5, 5.41) is 3.70. The highest BCUT2D eigenvalue weighted by molar-refractivity contribution is 9.10. The van der Waals surface area contributed by atoms with Crippen molar-refractivity contribution in [3.63, 3.8) is 0 Å². The summed E-state index contributed by atoms with van der Waals surface area (Å²) in [7, 11) is -1.83. The van der Waals surface area contributed by atoms with Gasteiger partial charge < -0.3 is 0 Å². The van der Waals surface area contributed by atoms with Crippen LogP contribution in [0.15, 0.2) is 36.0 Å². The van der Waals surface area contributed by atoms with Crippen molar-refractivity contribution >= 4 is 64.6 Å². The predicted molar refractivity (Wildman–Crippen MR) is 82.7 cm³/mol. The molecule has 0 saturated heterocycles. The van der Waals surface area contributed by atoms with Crippen molar-refractivity contribution in [1.82, 2.24) is 4.31 Å². The van der Waals surface area contributed by atoms with Crippen molar-refractivity contribution in [2.45, 2.75) is 10.8 Å². The maximum atomic E-state index is 12.3. The minimum Gasteiger partial charge on any atom is -0.206 e. The minimum atomic E-state index is -3.42. The zero-order valence-corrected chi connectivity index (χ0v) is 14.9. The van der Waals surface area contributed by atoms with E-state index in [1.54, 1.807) is 18.5 Å². The molecule has 2 heterocycles. The first-order valence-electron chi connectivity index (χ1n) is 4.83. The summed E-state index contributed by atoms with van der Waals surface area (Å²) < 4.78 is 28.0. The Kier molecular flexibility index (Phi) is 4.66. The first-order chi connectivity index (χ1) is 8.41. The second-order valence-electron chi connectivity index (χ2n) is 3.55.